The number of anilines is 1. The molecule has 2 aromatic heterocycles. The summed E-state index contributed by atoms with van der Waals surface area (Å²) < 4.78 is 18.4. The third kappa shape index (κ3) is 4.28. The number of para-hydroxylation sites is 1. The first kappa shape index (κ1) is 19.5. The van der Waals surface area contributed by atoms with Gasteiger partial charge in [-0.2, -0.15) is 0 Å². The maximum atomic E-state index is 13.0. The minimum atomic E-state index is -0.411. The number of carbonyl (C=O) groups excluding carboxylic acids is 1. The average molecular weight is 519 g/mol. The average Bonchev–Trinajstić information content (AvgIpc) is 3.15. The molecule has 29 heavy (non-hydrogen) atoms. The fraction of sp³-hybridized carbons (Fsp3) is 0.0476. The van der Waals surface area contributed by atoms with Crippen LogP contribution in [0.3, 0.4) is 0 Å². The molecule has 0 spiro atoms. The van der Waals surface area contributed by atoms with Crippen molar-refractivity contribution in [2.45, 2.75) is 0 Å². The lowest BCUT2D eigenvalue weighted by atomic mass is 10.2. The van der Waals surface area contributed by atoms with Gasteiger partial charge in [0.2, 0.25) is 16.9 Å². The summed E-state index contributed by atoms with van der Waals surface area (Å²) in [4.78, 5) is 25.2. The van der Waals surface area contributed by atoms with Gasteiger partial charge in [0.05, 0.1) is 5.39 Å². The monoisotopic (exact) mass is 517 g/mol. The molecule has 0 unspecified atom stereocenters. The highest BCUT2D eigenvalue weighted by atomic mass is 79.9. The van der Waals surface area contributed by atoms with Gasteiger partial charge in [-0.3, -0.25) is 9.59 Å². The molecule has 0 atom stereocenters. The fourth-order valence-electron chi connectivity index (χ4n) is 2.72. The molecule has 4 aromatic rings. The quantitative estimate of drug-likeness (QED) is 0.372. The lowest BCUT2D eigenvalue weighted by Gasteiger charge is -2.10. The topological polar surface area (TPSA) is 81.7 Å². The van der Waals surface area contributed by atoms with Crippen LogP contribution in [0, 0.1) is 0 Å². The van der Waals surface area contributed by atoms with Crippen molar-refractivity contribution in [3.63, 3.8) is 0 Å². The molecule has 2 heterocycles. The van der Waals surface area contributed by atoms with Crippen molar-refractivity contribution < 1.29 is 18.4 Å². The summed E-state index contributed by atoms with van der Waals surface area (Å²) >= 11 is 6.57. The van der Waals surface area contributed by atoms with Crippen LogP contribution in [-0.4, -0.2) is 12.5 Å². The highest BCUT2D eigenvalue weighted by Gasteiger charge is 2.21. The first-order valence-electron chi connectivity index (χ1n) is 8.51. The van der Waals surface area contributed by atoms with Crippen LogP contribution < -0.4 is 15.5 Å². The van der Waals surface area contributed by atoms with E-state index in [9.17, 15) is 9.59 Å². The number of halogens is 2. The number of hydrogen-bond donors (Lipinski definition) is 1. The second-order valence-corrected chi connectivity index (χ2v) is 7.73. The van der Waals surface area contributed by atoms with Crippen molar-refractivity contribution in [2.24, 2.45) is 0 Å². The molecule has 0 saturated carbocycles. The van der Waals surface area contributed by atoms with Crippen LogP contribution in [0.4, 0.5) is 5.69 Å². The van der Waals surface area contributed by atoms with E-state index < -0.39 is 5.91 Å². The van der Waals surface area contributed by atoms with Crippen molar-refractivity contribution in [1.82, 2.24) is 0 Å². The summed E-state index contributed by atoms with van der Waals surface area (Å²) in [5.41, 5.74) is 0.625. The van der Waals surface area contributed by atoms with E-state index in [1.54, 1.807) is 60.7 Å². The lowest BCUT2D eigenvalue weighted by Crippen LogP contribution is -2.22. The minimum Gasteiger partial charge on any atom is -0.476 e. The van der Waals surface area contributed by atoms with Gasteiger partial charge in [0.15, 0.2) is 17.0 Å². The van der Waals surface area contributed by atoms with Gasteiger partial charge in [-0.05, 0) is 64.5 Å². The van der Waals surface area contributed by atoms with E-state index in [-0.39, 0.29) is 23.5 Å². The van der Waals surface area contributed by atoms with Crippen LogP contribution in [0.1, 0.15) is 0 Å². The van der Waals surface area contributed by atoms with Gasteiger partial charge in [0, 0.05) is 10.2 Å². The number of furan rings is 1. The van der Waals surface area contributed by atoms with Crippen LogP contribution in [-0.2, 0) is 4.79 Å². The number of amides is 1. The summed E-state index contributed by atoms with van der Waals surface area (Å²) in [6.45, 7) is -0.367. The van der Waals surface area contributed by atoms with E-state index >= 15 is 0 Å². The van der Waals surface area contributed by atoms with E-state index in [0.717, 1.165) is 4.47 Å². The third-order valence-electron chi connectivity index (χ3n) is 4.03. The molecule has 0 bridgehead atoms. The molecule has 8 heteroatoms. The van der Waals surface area contributed by atoms with Crippen LogP contribution in [0.2, 0.25) is 0 Å². The van der Waals surface area contributed by atoms with Crippen LogP contribution in [0.25, 0.3) is 22.5 Å². The molecule has 2 aromatic carbocycles. The molecule has 0 saturated heterocycles. The molecule has 146 valence electrons. The molecule has 0 aliphatic carbocycles. The number of ether oxygens (including phenoxy) is 1. The largest absolute Gasteiger partial charge is 0.476 e. The summed E-state index contributed by atoms with van der Waals surface area (Å²) in [5.74, 6) is -0.0677. The predicted molar refractivity (Wildman–Crippen MR) is 116 cm³/mol. The van der Waals surface area contributed by atoms with Gasteiger partial charge in [-0.25, -0.2) is 0 Å². The van der Waals surface area contributed by atoms with Crippen LogP contribution in [0.15, 0.2) is 83.4 Å². The van der Waals surface area contributed by atoms with Gasteiger partial charge in [-0.15, -0.1) is 0 Å². The molecule has 0 aliphatic rings. The number of nitrogens with one attached hydrogen (secondary N) is 1. The third-order valence-corrected chi connectivity index (χ3v) is 4.98. The Kier molecular flexibility index (Phi) is 5.55. The molecule has 0 radical (unpaired) electrons. The van der Waals surface area contributed by atoms with Crippen molar-refractivity contribution in [3.8, 4) is 17.3 Å². The number of benzene rings is 2. The number of rotatable bonds is 5. The highest BCUT2D eigenvalue weighted by Crippen LogP contribution is 2.33. The van der Waals surface area contributed by atoms with Crippen molar-refractivity contribution in [3.05, 3.63) is 80.0 Å². The molecular weight excluding hydrogens is 506 g/mol. The summed E-state index contributed by atoms with van der Waals surface area (Å²) in [6, 6.07) is 17.2. The van der Waals surface area contributed by atoms with Crippen molar-refractivity contribution >= 4 is 54.4 Å². The van der Waals surface area contributed by atoms with E-state index in [2.05, 4.69) is 37.2 Å². The van der Waals surface area contributed by atoms with Gasteiger partial charge >= 0.3 is 0 Å². The Morgan fingerprint density at radius 2 is 1.72 bits per heavy atom. The minimum absolute atomic E-state index is 0.0866. The number of hydrogen-bond acceptors (Lipinski definition) is 5. The number of carbonyl (C=O) groups is 1. The lowest BCUT2D eigenvalue weighted by molar-refractivity contribution is -0.118. The normalized spacial score (nSPS) is 10.8. The molecule has 1 N–H and O–H groups in total. The van der Waals surface area contributed by atoms with Crippen molar-refractivity contribution in [2.75, 3.05) is 11.9 Å². The molecular formula is C21H13Br2NO5. The first-order valence-corrected chi connectivity index (χ1v) is 10.1. The zero-order chi connectivity index (χ0) is 20.4. The Morgan fingerprint density at radius 1 is 0.966 bits per heavy atom. The summed E-state index contributed by atoms with van der Waals surface area (Å²) in [6.07, 6.45) is 0. The van der Waals surface area contributed by atoms with Gasteiger partial charge < -0.3 is 18.9 Å². The molecule has 1 amide bonds. The van der Waals surface area contributed by atoms with Gasteiger partial charge in [0.1, 0.15) is 5.58 Å². The zero-order valence-electron chi connectivity index (χ0n) is 14.8. The predicted octanol–water partition coefficient (Wildman–Crippen LogP) is 5.60. The second kappa shape index (κ2) is 8.26. The van der Waals surface area contributed by atoms with Crippen LogP contribution in [0.5, 0.6) is 5.75 Å². The Balaban J connectivity index is 1.65. The Bertz CT molecular complexity index is 1240. The molecule has 6 nitrogen and oxygen atoms in total. The summed E-state index contributed by atoms with van der Waals surface area (Å²) in [5, 5.41) is 3.06. The standard InChI is InChI=1S/C21H13Br2NO5/c22-12-5-7-13(8-6-12)24-18(25)11-27-21-19(26)14-3-1-2-4-15(14)29-20(21)16-9-10-17(23)28-16/h1-10H,11H2,(H,24,25). The van der Waals surface area contributed by atoms with E-state index in [4.69, 9.17) is 13.6 Å². The number of fused-ring (bicyclic) bond motifs is 1. The molecule has 4 rings (SSSR count). The SMILES string of the molecule is O=C(COc1c(-c2ccc(Br)o2)oc2ccccc2c1=O)Nc1ccc(Br)cc1. The van der Waals surface area contributed by atoms with E-state index in [0.29, 0.717) is 27.1 Å². The highest BCUT2D eigenvalue weighted by molar-refractivity contribution is 9.10. The van der Waals surface area contributed by atoms with Crippen LogP contribution >= 0.6 is 31.9 Å². The Morgan fingerprint density at radius 3 is 2.45 bits per heavy atom. The maximum absolute atomic E-state index is 13.0. The maximum Gasteiger partial charge on any atom is 0.262 e. The van der Waals surface area contributed by atoms with E-state index in [1.807, 2.05) is 0 Å². The Labute approximate surface area is 181 Å². The van der Waals surface area contributed by atoms with Gasteiger partial charge in [0.25, 0.3) is 5.91 Å². The summed E-state index contributed by atoms with van der Waals surface area (Å²) in [7, 11) is 0. The van der Waals surface area contributed by atoms with Crippen molar-refractivity contribution in [1.29, 1.82) is 0 Å². The Hall–Kier alpha value is -2.84. The second-order valence-electron chi connectivity index (χ2n) is 6.03. The molecule has 0 aliphatic heterocycles. The van der Waals surface area contributed by atoms with Gasteiger partial charge in [-0.1, -0.05) is 28.1 Å². The smallest absolute Gasteiger partial charge is 0.262 e. The zero-order valence-corrected chi connectivity index (χ0v) is 17.9. The fourth-order valence-corrected chi connectivity index (χ4v) is 3.29. The molecule has 0 fully saturated rings. The van der Waals surface area contributed by atoms with E-state index in [1.165, 1.54) is 0 Å². The first-order chi connectivity index (χ1) is 14.0.